The van der Waals surface area contributed by atoms with Gasteiger partial charge in [-0.15, -0.1) is 0 Å². The highest BCUT2D eigenvalue weighted by Crippen LogP contribution is 2.31. The van der Waals surface area contributed by atoms with Crippen LogP contribution in [0.4, 0.5) is 24.5 Å². The van der Waals surface area contributed by atoms with E-state index >= 15 is 0 Å². The molecule has 1 aromatic heterocycles. The first-order valence-electron chi connectivity index (χ1n) is 7.66. The highest BCUT2D eigenvalue weighted by Gasteiger charge is 2.30. The Labute approximate surface area is 148 Å². The molecule has 0 radical (unpaired) electrons. The van der Waals surface area contributed by atoms with E-state index in [9.17, 15) is 13.2 Å². The summed E-state index contributed by atoms with van der Waals surface area (Å²) in [5.74, 6) is 0. The third-order valence-corrected chi connectivity index (χ3v) is 3.79. The Morgan fingerprint density at radius 1 is 0.885 bits per heavy atom. The Bertz CT molecular complexity index is 899. The van der Waals surface area contributed by atoms with Crippen molar-refractivity contribution in [2.45, 2.75) is 12.7 Å². The summed E-state index contributed by atoms with van der Waals surface area (Å²) in [6.45, 7) is 0.331. The van der Waals surface area contributed by atoms with E-state index in [1.54, 1.807) is 36.7 Å². The number of nitrogens with zero attached hydrogens (tertiary/aromatic N) is 4. The molecule has 0 fully saturated rings. The van der Waals surface area contributed by atoms with Crippen LogP contribution in [0.2, 0.25) is 0 Å². The van der Waals surface area contributed by atoms with Gasteiger partial charge in [0.2, 0.25) is 0 Å². The van der Waals surface area contributed by atoms with Crippen molar-refractivity contribution in [3.63, 3.8) is 0 Å². The molecule has 0 aliphatic heterocycles. The molecule has 0 bridgehead atoms. The number of halogens is 3. The number of benzene rings is 2. The average Bonchev–Trinajstić information content (AvgIpc) is 2.66. The van der Waals surface area contributed by atoms with Gasteiger partial charge in [-0.05, 0) is 42.0 Å². The first kappa shape index (κ1) is 17.4. The van der Waals surface area contributed by atoms with Gasteiger partial charge in [0.05, 0.1) is 35.3 Å². The molecular formula is C19H13F3N4. The van der Waals surface area contributed by atoms with Crippen molar-refractivity contribution in [1.82, 2.24) is 9.97 Å². The molecule has 0 saturated carbocycles. The highest BCUT2D eigenvalue weighted by molar-refractivity contribution is 5.62. The van der Waals surface area contributed by atoms with Crippen molar-refractivity contribution in [3.05, 3.63) is 83.9 Å². The molecule has 7 heteroatoms. The van der Waals surface area contributed by atoms with E-state index in [1.165, 1.54) is 18.5 Å². The molecule has 0 aliphatic carbocycles. The molecule has 130 valence electrons. The van der Waals surface area contributed by atoms with Gasteiger partial charge < -0.3 is 4.90 Å². The number of nitriles is 1. The molecule has 0 saturated heterocycles. The lowest BCUT2D eigenvalue weighted by Crippen LogP contribution is -2.17. The molecule has 0 spiro atoms. The smallest absolute Gasteiger partial charge is 0.334 e. The summed E-state index contributed by atoms with van der Waals surface area (Å²) in [5.41, 5.74) is 2.00. The van der Waals surface area contributed by atoms with Crippen LogP contribution >= 0.6 is 0 Å². The molecule has 3 rings (SSSR count). The molecule has 0 aliphatic rings. The fourth-order valence-corrected chi connectivity index (χ4v) is 2.46. The number of aromatic nitrogens is 2. The third-order valence-electron chi connectivity index (χ3n) is 3.79. The quantitative estimate of drug-likeness (QED) is 0.681. The van der Waals surface area contributed by atoms with E-state index in [4.69, 9.17) is 5.26 Å². The summed E-state index contributed by atoms with van der Waals surface area (Å²) < 4.78 is 38.2. The van der Waals surface area contributed by atoms with Crippen molar-refractivity contribution < 1.29 is 13.2 Å². The van der Waals surface area contributed by atoms with Crippen LogP contribution in [0.25, 0.3) is 0 Å². The number of hydrogen-bond donors (Lipinski definition) is 0. The lowest BCUT2D eigenvalue weighted by Gasteiger charge is -2.24. The van der Waals surface area contributed by atoms with E-state index in [-0.39, 0.29) is 0 Å². The topological polar surface area (TPSA) is 52.8 Å². The summed E-state index contributed by atoms with van der Waals surface area (Å²) in [7, 11) is 0. The fourth-order valence-electron chi connectivity index (χ4n) is 2.46. The molecule has 1 heterocycles. The molecule has 0 atom stereocenters. The normalized spacial score (nSPS) is 11.0. The van der Waals surface area contributed by atoms with Crippen LogP contribution in [-0.2, 0) is 12.7 Å². The van der Waals surface area contributed by atoms with Gasteiger partial charge >= 0.3 is 6.18 Å². The van der Waals surface area contributed by atoms with Gasteiger partial charge in [0.25, 0.3) is 0 Å². The monoisotopic (exact) mass is 354 g/mol. The fraction of sp³-hybridized carbons (Fsp3) is 0.105. The minimum absolute atomic E-state index is 0.331. The Morgan fingerprint density at radius 3 is 2.04 bits per heavy atom. The van der Waals surface area contributed by atoms with Crippen molar-refractivity contribution in [2.24, 2.45) is 0 Å². The molecule has 4 nitrogen and oxygen atoms in total. The van der Waals surface area contributed by atoms with Gasteiger partial charge in [-0.25, -0.2) is 9.97 Å². The Balaban J connectivity index is 1.92. The molecule has 0 amide bonds. The predicted octanol–water partition coefficient (Wildman–Crippen LogP) is 4.71. The van der Waals surface area contributed by atoms with E-state index in [1.807, 2.05) is 4.90 Å². The van der Waals surface area contributed by atoms with Crippen molar-refractivity contribution >= 4 is 11.4 Å². The van der Waals surface area contributed by atoms with Gasteiger partial charge in [0, 0.05) is 12.2 Å². The Morgan fingerprint density at radius 2 is 1.50 bits per heavy atom. The second kappa shape index (κ2) is 7.23. The third kappa shape index (κ3) is 3.98. The molecule has 2 aromatic carbocycles. The summed E-state index contributed by atoms with van der Waals surface area (Å²) in [6.07, 6.45) is 0.280. The van der Waals surface area contributed by atoms with Gasteiger partial charge in [-0.2, -0.15) is 18.4 Å². The summed E-state index contributed by atoms with van der Waals surface area (Å²) in [4.78, 5) is 9.86. The van der Waals surface area contributed by atoms with Gasteiger partial charge in [0.1, 0.15) is 6.33 Å². The van der Waals surface area contributed by atoms with Crippen LogP contribution < -0.4 is 4.90 Å². The van der Waals surface area contributed by atoms with E-state index in [0.29, 0.717) is 23.4 Å². The lowest BCUT2D eigenvalue weighted by molar-refractivity contribution is -0.137. The zero-order valence-corrected chi connectivity index (χ0v) is 13.5. The lowest BCUT2D eigenvalue weighted by atomic mass is 10.1. The summed E-state index contributed by atoms with van der Waals surface area (Å²) in [5, 5.41) is 8.94. The van der Waals surface area contributed by atoms with E-state index in [0.717, 1.165) is 17.8 Å². The Kier molecular flexibility index (Phi) is 4.85. The zero-order valence-electron chi connectivity index (χ0n) is 13.5. The minimum Gasteiger partial charge on any atom is -0.334 e. The molecule has 3 aromatic rings. The first-order valence-corrected chi connectivity index (χ1v) is 7.66. The SMILES string of the molecule is N#Cc1ccc(N(Cc2ccc(C(F)(F)F)cc2)c2cncnc2)cc1. The predicted molar refractivity (Wildman–Crippen MR) is 90.5 cm³/mol. The number of hydrogen-bond acceptors (Lipinski definition) is 4. The van der Waals surface area contributed by atoms with Gasteiger partial charge in [-0.3, -0.25) is 0 Å². The van der Waals surface area contributed by atoms with E-state index < -0.39 is 11.7 Å². The first-order chi connectivity index (χ1) is 12.5. The maximum absolute atomic E-state index is 12.7. The summed E-state index contributed by atoms with van der Waals surface area (Å²) >= 11 is 0. The largest absolute Gasteiger partial charge is 0.416 e. The average molecular weight is 354 g/mol. The van der Waals surface area contributed by atoms with E-state index in [2.05, 4.69) is 16.0 Å². The Hall–Kier alpha value is -3.40. The zero-order chi connectivity index (χ0) is 18.6. The van der Waals surface area contributed by atoms with Gasteiger partial charge in [-0.1, -0.05) is 12.1 Å². The van der Waals surface area contributed by atoms with Crippen LogP contribution in [0.5, 0.6) is 0 Å². The van der Waals surface area contributed by atoms with Crippen LogP contribution in [-0.4, -0.2) is 9.97 Å². The second-order valence-electron chi connectivity index (χ2n) is 5.54. The van der Waals surface area contributed by atoms with Crippen molar-refractivity contribution in [2.75, 3.05) is 4.90 Å². The molecular weight excluding hydrogens is 341 g/mol. The van der Waals surface area contributed by atoms with Gasteiger partial charge in [0.15, 0.2) is 0 Å². The van der Waals surface area contributed by atoms with Crippen LogP contribution in [0.3, 0.4) is 0 Å². The maximum atomic E-state index is 12.7. The van der Waals surface area contributed by atoms with Crippen molar-refractivity contribution in [1.29, 1.82) is 5.26 Å². The highest BCUT2D eigenvalue weighted by atomic mass is 19.4. The molecule has 26 heavy (non-hydrogen) atoms. The number of anilines is 2. The maximum Gasteiger partial charge on any atom is 0.416 e. The molecule has 0 N–H and O–H groups in total. The molecule has 0 unspecified atom stereocenters. The number of rotatable bonds is 4. The van der Waals surface area contributed by atoms with Crippen LogP contribution in [0.1, 0.15) is 16.7 Å². The number of alkyl halides is 3. The standard InChI is InChI=1S/C19H13F3N4/c20-19(21,22)16-5-1-15(2-6-16)12-26(18-10-24-13-25-11-18)17-7-3-14(9-23)4-8-17/h1-8,10-11,13H,12H2. The van der Waals surface area contributed by atoms with Crippen LogP contribution in [0, 0.1) is 11.3 Å². The van der Waals surface area contributed by atoms with Crippen LogP contribution in [0.15, 0.2) is 67.3 Å². The second-order valence-corrected chi connectivity index (χ2v) is 5.54. The summed E-state index contributed by atoms with van der Waals surface area (Å²) in [6, 6.07) is 14.0. The minimum atomic E-state index is -4.36. The van der Waals surface area contributed by atoms with Crippen molar-refractivity contribution in [3.8, 4) is 6.07 Å².